The molecule has 0 aliphatic heterocycles. The van der Waals surface area contributed by atoms with Crippen molar-refractivity contribution in [2.75, 3.05) is 11.4 Å². The number of carboxylic acid groups (broad SMARTS) is 1. The molecule has 0 spiro atoms. The van der Waals surface area contributed by atoms with E-state index in [9.17, 15) is 9.90 Å². The van der Waals surface area contributed by atoms with Crippen molar-refractivity contribution in [2.45, 2.75) is 47.1 Å². The number of hydrogen-bond donors (Lipinski definition) is 1. The lowest BCUT2D eigenvalue weighted by molar-refractivity contribution is -0.138. The molecule has 3 heteroatoms. The van der Waals surface area contributed by atoms with Gasteiger partial charge in [-0.05, 0) is 45.2 Å². The molecule has 0 saturated heterocycles. The van der Waals surface area contributed by atoms with Crippen molar-refractivity contribution in [1.29, 1.82) is 0 Å². The highest BCUT2D eigenvalue weighted by molar-refractivity contribution is 5.79. The van der Waals surface area contributed by atoms with E-state index in [4.69, 9.17) is 0 Å². The Balaban J connectivity index is 3.25. The van der Waals surface area contributed by atoms with Gasteiger partial charge < -0.3 is 10.0 Å². The first-order valence-electron chi connectivity index (χ1n) is 6.45. The lowest BCUT2D eigenvalue weighted by Crippen LogP contribution is -2.40. The number of rotatable bonds is 5. The summed E-state index contributed by atoms with van der Waals surface area (Å²) in [6, 6.07) is 3.73. The number of aryl methyl sites for hydroxylation is 3. The van der Waals surface area contributed by atoms with E-state index in [0.717, 1.165) is 29.8 Å². The summed E-state index contributed by atoms with van der Waals surface area (Å²) in [4.78, 5) is 13.2. The second kappa shape index (κ2) is 5.89. The molecule has 0 aliphatic rings. The summed E-state index contributed by atoms with van der Waals surface area (Å²) in [5, 5.41) is 9.24. The SMILES string of the molecule is CCCN(c1c(C)cc(C)cc1C)[C@H](C)C(=O)O. The molecular weight excluding hydrogens is 226 g/mol. The van der Waals surface area contributed by atoms with E-state index in [1.54, 1.807) is 6.92 Å². The quantitative estimate of drug-likeness (QED) is 0.870. The van der Waals surface area contributed by atoms with Gasteiger partial charge in [0.05, 0.1) is 0 Å². The lowest BCUT2D eigenvalue weighted by Gasteiger charge is -2.31. The summed E-state index contributed by atoms with van der Waals surface area (Å²) < 4.78 is 0. The third-order valence-corrected chi connectivity index (χ3v) is 3.21. The number of aliphatic carboxylic acids is 1. The largest absolute Gasteiger partial charge is 0.480 e. The van der Waals surface area contributed by atoms with Crippen molar-refractivity contribution in [3.8, 4) is 0 Å². The highest BCUT2D eigenvalue weighted by atomic mass is 16.4. The second-order valence-electron chi connectivity index (χ2n) is 4.95. The van der Waals surface area contributed by atoms with Crippen LogP contribution in [0.25, 0.3) is 0 Å². The summed E-state index contributed by atoms with van der Waals surface area (Å²) in [5.41, 5.74) is 4.58. The number of carboxylic acids is 1. The minimum Gasteiger partial charge on any atom is -0.480 e. The molecule has 3 nitrogen and oxygen atoms in total. The smallest absolute Gasteiger partial charge is 0.326 e. The zero-order chi connectivity index (χ0) is 13.9. The van der Waals surface area contributed by atoms with Gasteiger partial charge in [-0.1, -0.05) is 24.6 Å². The number of carbonyl (C=O) groups is 1. The average Bonchev–Trinajstić information content (AvgIpc) is 2.25. The average molecular weight is 249 g/mol. The van der Waals surface area contributed by atoms with Crippen LogP contribution in [0.2, 0.25) is 0 Å². The Kier molecular flexibility index (Phi) is 4.76. The van der Waals surface area contributed by atoms with Gasteiger partial charge in [0, 0.05) is 12.2 Å². The fourth-order valence-corrected chi connectivity index (χ4v) is 2.50. The molecule has 100 valence electrons. The molecule has 0 radical (unpaired) electrons. The molecule has 0 aliphatic carbocycles. The van der Waals surface area contributed by atoms with Crippen LogP contribution in [0, 0.1) is 20.8 Å². The molecule has 0 bridgehead atoms. The van der Waals surface area contributed by atoms with E-state index in [2.05, 4.69) is 26.0 Å². The molecule has 0 heterocycles. The Morgan fingerprint density at radius 3 is 2.17 bits per heavy atom. The third-order valence-electron chi connectivity index (χ3n) is 3.21. The van der Waals surface area contributed by atoms with Crippen molar-refractivity contribution >= 4 is 11.7 Å². The number of benzene rings is 1. The first-order valence-corrected chi connectivity index (χ1v) is 6.45. The van der Waals surface area contributed by atoms with Crippen molar-refractivity contribution < 1.29 is 9.90 Å². The molecule has 0 fully saturated rings. The predicted molar refractivity (Wildman–Crippen MR) is 75.4 cm³/mol. The van der Waals surface area contributed by atoms with Crippen LogP contribution in [0.1, 0.15) is 37.0 Å². The number of anilines is 1. The molecule has 18 heavy (non-hydrogen) atoms. The molecule has 0 amide bonds. The van der Waals surface area contributed by atoms with Crippen LogP contribution in [0.15, 0.2) is 12.1 Å². The van der Waals surface area contributed by atoms with Gasteiger partial charge in [-0.25, -0.2) is 4.79 Å². The van der Waals surface area contributed by atoms with Crippen molar-refractivity contribution in [2.24, 2.45) is 0 Å². The van der Waals surface area contributed by atoms with Crippen LogP contribution in [-0.2, 0) is 4.79 Å². The van der Waals surface area contributed by atoms with E-state index in [0.29, 0.717) is 0 Å². The molecule has 0 aromatic heterocycles. The summed E-state index contributed by atoms with van der Waals surface area (Å²) in [7, 11) is 0. The Labute approximate surface area is 109 Å². The fraction of sp³-hybridized carbons (Fsp3) is 0.533. The van der Waals surface area contributed by atoms with Crippen LogP contribution in [-0.4, -0.2) is 23.7 Å². The van der Waals surface area contributed by atoms with Crippen LogP contribution in [0.3, 0.4) is 0 Å². The van der Waals surface area contributed by atoms with Crippen LogP contribution >= 0.6 is 0 Å². The maximum Gasteiger partial charge on any atom is 0.326 e. The highest BCUT2D eigenvalue weighted by Crippen LogP contribution is 2.28. The van der Waals surface area contributed by atoms with Crippen molar-refractivity contribution in [3.05, 3.63) is 28.8 Å². The molecule has 1 aromatic carbocycles. The van der Waals surface area contributed by atoms with Gasteiger partial charge in [-0.3, -0.25) is 0 Å². The van der Waals surface area contributed by atoms with E-state index < -0.39 is 12.0 Å². The minimum absolute atomic E-state index is 0.495. The second-order valence-corrected chi connectivity index (χ2v) is 4.95. The third kappa shape index (κ3) is 3.03. The summed E-state index contributed by atoms with van der Waals surface area (Å²) >= 11 is 0. The molecular formula is C15H23NO2. The minimum atomic E-state index is -0.775. The summed E-state index contributed by atoms with van der Waals surface area (Å²) in [6.07, 6.45) is 0.935. The van der Waals surface area contributed by atoms with E-state index in [1.165, 1.54) is 5.56 Å². The van der Waals surface area contributed by atoms with E-state index >= 15 is 0 Å². The first-order chi connectivity index (χ1) is 8.38. The molecule has 1 N–H and O–H groups in total. The van der Waals surface area contributed by atoms with Gasteiger partial charge in [0.2, 0.25) is 0 Å². The Bertz CT molecular complexity index is 417. The molecule has 1 rings (SSSR count). The van der Waals surface area contributed by atoms with Gasteiger partial charge in [-0.15, -0.1) is 0 Å². The zero-order valence-electron chi connectivity index (χ0n) is 11.9. The van der Waals surface area contributed by atoms with Gasteiger partial charge in [0.15, 0.2) is 0 Å². The topological polar surface area (TPSA) is 40.5 Å². The lowest BCUT2D eigenvalue weighted by atomic mass is 10.0. The highest BCUT2D eigenvalue weighted by Gasteiger charge is 2.22. The van der Waals surface area contributed by atoms with Crippen LogP contribution in [0.5, 0.6) is 0 Å². The van der Waals surface area contributed by atoms with Crippen LogP contribution in [0.4, 0.5) is 5.69 Å². The van der Waals surface area contributed by atoms with Gasteiger partial charge in [0.1, 0.15) is 6.04 Å². The normalized spacial score (nSPS) is 12.3. The van der Waals surface area contributed by atoms with E-state index in [1.807, 2.05) is 18.7 Å². The van der Waals surface area contributed by atoms with E-state index in [-0.39, 0.29) is 0 Å². The molecule has 0 unspecified atom stereocenters. The summed E-state index contributed by atoms with van der Waals surface area (Å²) in [6.45, 7) is 10.7. The Morgan fingerprint density at radius 1 is 1.28 bits per heavy atom. The standard InChI is InChI=1S/C15H23NO2/c1-6-7-16(13(5)15(17)18)14-11(3)8-10(2)9-12(14)4/h8-9,13H,6-7H2,1-5H3,(H,17,18)/t13-/m1/s1. The first kappa shape index (κ1) is 14.6. The molecule has 0 saturated carbocycles. The molecule has 1 aromatic rings. The maximum absolute atomic E-state index is 11.2. The Morgan fingerprint density at radius 2 is 1.78 bits per heavy atom. The zero-order valence-corrected chi connectivity index (χ0v) is 11.9. The van der Waals surface area contributed by atoms with Gasteiger partial charge >= 0.3 is 5.97 Å². The Hall–Kier alpha value is -1.51. The van der Waals surface area contributed by atoms with Gasteiger partial charge in [-0.2, -0.15) is 0 Å². The number of nitrogens with zero attached hydrogens (tertiary/aromatic N) is 1. The maximum atomic E-state index is 11.2. The van der Waals surface area contributed by atoms with Gasteiger partial charge in [0.25, 0.3) is 0 Å². The monoisotopic (exact) mass is 249 g/mol. The predicted octanol–water partition coefficient (Wildman–Crippen LogP) is 3.30. The van der Waals surface area contributed by atoms with Crippen LogP contribution < -0.4 is 4.90 Å². The number of hydrogen-bond acceptors (Lipinski definition) is 2. The van der Waals surface area contributed by atoms with Crippen molar-refractivity contribution in [1.82, 2.24) is 0 Å². The molecule has 1 atom stereocenters. The summed E-state index contributed by atoms with van der Waals surface area (Å²) in [5.74, 6) is -0.775. The fourth-order valence-electron chi connectivity index (χ4n) is 2.50. The van der Waals surface area contributed by atoms with Crippen molar-refractivity contribution in [3.63, 3.8) is 0 Å².